The molecule has 1 N–H and O–H groups in total. The highest BCUT2D eigenvalue weighted by Crippen LogP contribution is 2.34. The Hall–Kier alpha value is -0.570. The minimum Gasteiger partial charge on any atom is -0.323 e. The maximum atomic E-state index is 12.8. The lowest BCUT2D eigenvalue weighted by Crippen LogP contribution is -2.47. The second-order valence-corrected chi connectivity index (χ2v) is 7.22. The number of nitrogens with zero attached hydrogens (tertiary/aromatic N) is 1. The van der Waals surface area contributed by atoms with E-state index < -0.39 is 0 Å². The summed E-state index contributed by atoms with van der Waals surface area (Å²) in [6.45, 7) is 8.85. The van der Waals surface area contributed by atoms with Crippen LogP contribution in [-0.2, 0) is 4.79 Å². The Morgan fingerprint density at radius 3 is 2.45 bits per heavy atom. The van der Waals surface area contributed by atoms with E-state index in [1.807, 2.05) is 0 Å². The van der Waals surface area contributed by atoms with E-state index >= 15 is 0 Å². The lowest BCUT2D eigenvalue weighted by molar-refractivity contribution is -0.133. The Kier molecular flexibility index (Phi) is 5.48. The van der Waals surface area contributed by atoms with E-state index in [0.717, 1.165) is 19.3 Å². The molecule has 0 spiro atoms. The molecule has 1 aliphatic heterocycles. The predicted molar refractivity (Wildman–Crippen MR) is 83.3 cm³/mol. The van der Waals surface area contributed by atoms with Gasteiger partial charge in [0.1, 0.15) is 0 Å². The molecule has 0 aromatic heterocycles. The third-order valence-corrected chi connectivity index (χ3v) is 4.96. The van der Waals surface area contributed by atoms with Gasteiger partial charge in [-0.25, -0.2) is 0 Å². The van der Waals surface area contributed by atoms with Gasteiger partial charge in [0.05, 0.1) is 12.2 Å². The molecule has 116 valence electrons. The average Bonchev–Trinajstić information content (AvgIpc) is 2.98. The van der Waals surface area contributed by atoms with Crippen LogP contribution in [0.4, 0.5) is 0 Å². The first-order valence-electron chi connectivity index (χ1n) is 8.62. The van der Waals surface area contributed by atoms with Crippen LogP contribution >= 0.6 is 0 Å². The standard InChI is InChI=1S/C17H32N2O/c1-5-8-13(4)19-16(14-9-6-7-10-14)18-15(17(19)20)11-12(2)3/h12-16,18H,5-11H2,1-4H3. The van der Waals surface area contributed by atoms with Crippen LogP contribution in [-0.4, -0.2) is 29.1 Å². The minimum atomic E-state index is 0.0555. The molecule has 20 heavy (non-hydrogen) atoms. The Bertz CT molecular complexity index is 323. The number of rotatable bonds is 6. The monoisotopic (exact) mass is 280 g/mol. The molecule has 3 atom stereocenters. The summed E-state index contributed by atoms with van der Waals surface area (Å²) in [6.07, 6.45) is 8.78. The first-order valence-corrected chi connectivity index (χ1v) is 8.62. The van der Waals surface area contributed by atoms with Crippen molar-refractivity contribution in [2.45, 2.75) is 90.9 Å². The molecule has 0 aromatic rings. The van der Waals surface area contributed by atoms with Crippen molar-refractivity contribution in [3.63, 3.8) is 0 Å². The Balaban J connectivity index is 2.11. The average molecular weight is 280 g/mol. The van der Waals surface area contributed by atoms with E-state index in [-0.39, 0.29) is 6.04 Å². The van der Waals surface area contributed by atoms with E-state index in [9.17, 15) is 4.79 Å². The van der Waals surface area contributed by atoms with Gasteiger partial charge in [-0.15, -0.1) is 0 Å². The van der Waals surface area contributed by atoms with Gasteiger partial charge >= 0.3 is 0 Å². The van der Waals surface area contributed by atoms with Crippen LogP contribution in [0.15, 0.2) is 0 Å². The fourth-order valence-electron chi connectivity index (χ4n) is 4.00. The number of carbonyl (C=O) groups is 1. The van der Waals surface area contributed by atoms with Gasteiger partial charge in [0.2, 0.25) is 5.91 Å². The summed E-state index contributed by atoms with van der Waals surface area (Å²) >= 11 is 0. The van der Waals surface area contributed by atoms with Gasteiger partial charge in [0, 0.05) is 6.04 Å². The van der Waals surface area contributed by atoms with Gasteiger partial charge in [-0.05, 0) is 44.4 Å². The summed E-state index contributed by atoms with van der Waals surface area (Å²) in [5, 5.41) is 3.68. The van der Waals surface area contributed by atoms with Crippen molar-refractivity contribution in [1.82, 2.24) is 10.2 Å². The summed E-state index contributed by atoms with van der Waals surface area (Å²) in [7, 11) is 0. The lowest BCUT2D eigenvalue weighted by Gasteiger charge is -2.33. The first-order chi connectivity index (χ1) is 9.54. The zero-order valence-corrected chi connectivity index (χ0v) is 13.7. The van der Waals surface area contributed by atoms with Crippen LogP contribution in [0, 0.1) is 11.8 Å². The second-order valence-electron chi connectivity index (χ2n) is 7.22. The Labute approximate surface area is 124 Å². The molecule has 0 bridgehead atoms. The van der Waals surface area contributed by atoms with E-state index in [1.165, 1.54) is 25.7 Å². The molecule has 3 unspecified atom stereocenters. The molecule has 3 heteroatoms. The van der Waals surface area contributed by atoms with Gasteiger partial charge in [0.15, 0.2) is 0 Å². The summed E-state index contributed by atoms with van der Waals surface area (Å²) in [5.74, 6) is 1.61. The number of hydrogen-bond acceptors (Lipinski definition) is 2. The molecular weight excluding hydrogens is 248 g/mol. The molecule has 1 saturated carbocycles. The maximum Gasteiger partial charge on any atom is 0.241 e. The van der Waals surface area contributed by atoms with Crippen molar-refractivity contribution in [1.29, 1.82) is 0 Å². The number of amides is 1. The molecule has 3 nitrogen and oxygen atoms in total. The van der Waals surface area contributed by atoms with Crippen molar-refractivity contribution in [2.75, 3.05) is 0 Å². The van der Waals surface area contributed by atoms with Crippen LogP contribution in [0.2, 0.25) is 0 Å². The van der Waals surface area contributed by atoms with Crippen LogP contribution in [0.5, 0.6) is 0 Å². The van der Waals surface area contributed by atoms with Gasteiger partial charge in [0.25, 0.3) is 0 Å². The SMILES string of the molecule is CCCC(C)N1C(=O)C(CC(C)C)NC1C1CCCC1. The normalized spacial score (nSPS) is 29.6. The van der Waals surface area contributed by atoms with Crippen molar-refractivity contribution >= 4 is 5.91 Å². The van der Waals surface area contributed by atoms with Gasteiger partial charge in [-0.2, -0.15) is 0 Å². The minimum absolute atomic E-state index is 0.0555. The number of carbonyl (C=O) groups excluding carboxylic acids is 1. The highest BCUT2D eigenvalue weighted by molar-refractivity contribution is 5.84. The lowest BCUT2D eigenvalue weighted by atomic mass is 10.0. The second kappa shape index (κ2) is 6.93. The van der Waals surface area contributed by atoms with Crippen molar-refractivity contribution < 1.29 is 4.79 Å². The molecule has 1 heterocycles. The van der Waals surface area contributed by atoms with Gasteiger partial charge in [-0.1, -0.05) is 40.0 Å². The van der Waals surface area contributed by atoms with Crippen LogP contribution in [0.3, 0.4) is 0 Å². The van der Waals surface area contributed by atoms with Crippen molar-refractivity contribution in [2.24, 2.45) is 11.8 Å². The molecule has 2 fully saturated rings. The largest absolute Gasteiger partial charge is 0.323 e. The summed E-state index contributed by atoms with van der Waals surface area (Å²) in [4.78, 5) is 15.0. The summed E-state index contributed by atoms with van der Waals surface area (Å²) in [5.41, 5.74) is 0. The molecule has 2 rings (SSSR count). The Morgan fingerprint density at radius 2 is 1.90 bits per heavy atom. The van der Waals surface area contributed by atoms with Crippen LogP contribution < -0.4 is 5.32 Å². The highest BCUT2D eigenvalue weighted by Gasteiger charge is 2.44. The topological polar surface area (TPSA) is 32.3 Å². The van der Waals surface area contributed by atoms with E-state index in [4.69, 9.17) is 0 Å². The quantitative estimate of drug-likeness (QED) is 0.807. The van der Waals surface area contributed by atoms with E-state index in [0.29, 0.717) is 30.0 Å². The van der Waals surface area contributed by atoms with Gasteiger partial charge < -0.3 is 4.90 Å². The fourth-order valence-corrected chi connectivity index (χ4v) is 4.00. The maximum absolute atomic E-state index is 12.8. The van der Waals surface area contributed by atoms with Crippen LogP contribution in [0.25, 0.3) is 0 Å². The number of nitrogens with one attached hydrogen (secondary N) is 1. The molecule has 0 radical (unpaired) electrons. The first kappa shape index (κ1) is 15.8. The molecule has 1 saturated heterocycles. The molecule has 0 aromatic carbocycles. The third-order valence-electron chi connectivity index (χ3n) is 4.96. The van der Waals surface area contributed by atoms with Crippen molar-refractivity contribution in [3.05, 3.63) is 0 Å². The van der Waals surface area contributed by atoms with E-state index in [2.05, 4.69) is 37.9 Å². The predicted octanol–water partition coefficient (Wildman–Crippen LogP) is 3.54. The molecular formula is C17H32N2O. The van der Waals surface area contributed by atoms with Gasteiger partial charge in [-0.3, -0.25) is 10.1 Å². The Morgan fingerprint density at radius 1 is 1.25 bits per heavy atom. The van der Waals surface area contributed by atoms with Crippen LogP contribution in [0.1, 0.15) is 72.6 Å². The van der Waals surface area contributed by atoms with Crippen molar-refractivity contribution in [3.8, 4) is 0 Å². The summed E-state index contributed by atoms with van der Waals surface area (Å²) in [6, 6.07) is 0.433. The fraction of sp³-hybridized carbons (Fsp3) is 0.941. The summed E-state index contributed by atoms with van der Waals surface area (Å²) < 4.78 is 0. The molecule has 1 amide bonds. The molecule has 1 aliphatic carbocycles. The zero-order chi connectivity index (χ0) is 14.7. The number of hydrogen-bond donors (Lipinski definition) is 1. The third kappa shape index (κ3) is 3.36. The highest BCUT2D eigenvalue weighted by atomic mass is 16.2. The smallest absolute Gasteiger partial charge is 0.241 e. The zero-order valence-electron chi connectivity index (χ0n) is 13.7. The van der Waals surface area contributed by atoms with E-state index in [1.54, 1.807) is 0 Å². The molecule has 2 aliphatic rings.